The maximum absolute atomic E-state index is 13.8. The maximum Gasteiger partial charge on any atom is 0.263 e. The normalized spacial score (nSPS) is 21.6. The number of ether oxygens (including phenoxy) is 1. The number of likely N-dealkylation sites (N-methyl/N-ethyl adjacent to an activating group) is 1. The van der Waals surface area contributed by atoms with E-state index in [-0.39, 0.29) is 17.4 Å². The Morgan fingerprint density at radius 1 is 0.943 bits per heavy atom. The highest BCUT2D eigenvalue weighted by Gasteiger charge is 2.44. The first-order valence-corrected chi connectivity index (χ1v) is 12.5. The first-order chi connectivity index (χ1) is 17.1. The van der Waals surface area contributed by atoms with Crippen LogP contribution in [0.5, 0.6) is 0 Å². The third-order valence-corrected chi connectivity index (χ3v) is 7.69. The Morgan fingerprint density at radius 2 is 1.66 bits per heavy atom. The van der Waals surface area contributed by atoms with E-state index in [0.29, 0.717) is 36.6 Å². The molecule has 8 heteroatoms. The second-order valence-electron chi connectivity index (χ2n) is 9.88. The smallest absolute Gasteiger partial charge is 0.263 e. The van der Waals surface area contributed by atoms with Crippen LogP contribution in [0, 0.1) is 5.92 Å². The Labute approximate surface area is 204 Å². The van der Waals surface area contributed by atoms with Crippen molar-refractivity contribution in [2.75, 3.05) is 56.2 Å². The fraction of sp³-hybridized carbons (Fsp3) is 0.444. The lowest BCUT2D eigenvalue weighted by atomic mass is 9.91. The lowest BCUT2D eigenvalue weighted by Gasteiger charge is -2.34. The molecule has 0 bridgehead atoms. The van der Waals surface area contributed by atoms with Crippen molar-refractivity contribution in [3.8, 4) is 0 Å². The molecular formula is C27H31N5O3. The van der Waals surface area contributed by atoms with Gasteiger partial charge in [0.05, 0.1) is 17.4 Å². The van der Waals surface area contributed by atoms with Gasteiger partial charge in [-0.2, -0.15) is 0 Å². The van der Waals surface area contributed by atoms with E-state index in [1.807, 2.05) is 18.2 Å². The molecule has 1 unspecified atom stereocenters. The minimum absolute atomic E-state index is 0.0417. The zero-order valence-corrected chi connectivity index (χ0v) is 20.1. The first-order valence-electron chi connectivity index (χ1n) is 12.5. The largest absolute Gasteiger partial charge is 0.381 e. The highest BCUT2D eigenvalue weighted by atomic mass is 16.5. The molecule has 3 aliphatic heterocycles. The van der Waals surface area contributed by atoms with Gasteiger partial charge in [-0.1, -0.05) is 24.3 Å². The van der Waals surface area contributed by atoms with E-state index < -0.39 is 6.04 Å². The number of hydrogen-bond acceptors (Lipinski definition) is 6. The van der Waals surface area contributed by atoms with E-state index >= 15 is 0 Å². The summed E-state index contributed by atoms with van der Waals surface area (Å²) in [5.41, 5.74) is 2.72. The molecule has 1 atom stereocenters. The van der Waals surface area contributed by atoms with Crippen LogP contribution in [0.25, 0.3) is 10.9 Å². The van der Waals surface area contributed by atoms with Crippen molar-refractivity contribution in [3.63, 3.8) is 0 Å². The molecule has 3 aliphatic rings. The van der Waals surface area contributed by atoms with E-state index in [2.05, 4.69) is 41.1 Å². The van der Waals surface area contributed by atoms with Crippen molar-refractivity contribution in [1.82, 2.24) is 14.5 Å². The number of aromatic nitrogens is 2. The van der Waals surface area contributed by atoms with Crippen molar-refractivity contribution < 1.29 is 9.53 Å². The summed E-state index contributed by atoms with van der Waals surface area (Å²) in [6.07, 6.45) is 1.53. The van der Waals surface area contributed by atoms with Crippen LogP contribution in [0.15, 0.2) is 53.3 Å². The Kier molecular flexibility index (Phi) is 5.78. The van der Waals surface area contributed by atoms with Crippen LogP contribution in [-0.2, 0) is 16.1 Å². The average Bonchev–Trinajstić information content (AvgIpc) is 3.17. The average molecular weight is 474 g/mol. The van der Waals surface area contributed by atoms with E-state index in [0.717, 1.165) is 44.6 Å². The summed E-state index contributed by atoms with van der Waals surface area (Å²) in [5.74, 6) is 0.485. The number of para-hydroxylation sites is 1. The van der Waals surface area contributed by atoms with E-state index in [9.17, 15) is 9.59 Å². The lowest BCUT2D eigenvalue weighted by molar-refractivity contribution is -0.122. The zero-order chi connectivity index (χ0) is 23.9. The third-order valence-electron chi connectivity index (χ3n) is 7.69. The van der Waals surface area contributed by atoms with Crippen molar-refractivity contribution in [3.05, 3.63) is 64.4 Å². The quantitative estimate of drug-likeness (QED) is 0.580. The van der Waals surface area contributed by atoms with Gasteiger partial charge in [-0.15, -0.1) is 0 Å². The molecule has 0 radical (unpaired) electrons. The number of anilines is 2. The van der Waals surface area contributed by atoms with Gasteiger partial charge in [0.25, 0.3) is 11.5 Å². The topological polar surface area (TPSA) is 70.9 Å². The number of hydrogen-bond donors (Lipinski definition) is 0. The Balaban J connectivity index is 1.33. The fourth-order valence-electron chi connectivity index (χ4n) is 5.60. The Morgan fingerprint density at radius 3 is 2.40 bits per heavy atom. The van der Waals surface area contributed by atoms with Crippen LogP contribution in [0.1, 0.15) is 24.4 Å². The van der Waals surface area contributed by atoms with Crippen LogP contribution in [-0.4, -0.2) is 66.8 Å². The molecule has 2 saturated heterocycles. The summed E-state index contributed by atoms with van der Waals surface area (Å²) in [4.78, 5) is 38.6. The molecule has 35 heavy (non-hydrogen) atoms. The number of amides is 1. The second-order valence-corrected chi connectivity index (χ2v) is 9.88. The molecule has 182 valence electrons. The van der Waals surface area contributed by atoms with Crippen molar-refractivity contribution in [2.24, 2.45) is 5.92 Å². The molecule has 1 aromatic heterocycles. The van der Waals surface area contributed by atoms with Gasteiger partial charge < -0.3 is 14.5 Å². The van der Waals surface area contributed by atoms with Crippen molar-refractivity contribution >= 4 is 28.4 Å². The molecule has 2 fully saturated rings. The van der Waals surface area contributed by atoms with Crippen LogP contribution in [0.3, 0.4) is 0 Å². The van der Waals surface area contributed by atoms with E-state index in [1.165, 1.54) is 5.69 Å². The SMILES string of the molecule is CN1CCN(c2ccc(CN3C(=O)C(C4CCOCC4)n4c3nc3ccccc3c4=O)cc2)CC1. The molecule has 4 heterocycles. The van der Waals surface area contributed by atoms with Gasteiger partial charge in [0, 0.05) is 45.1 Å². The van der Waals surface area contributed by atoms with Gasteiger partial charge in [0.1, 0.15) is 6.04 Å². The van der Waals surface area contributed by atoms with Gasteiger partial charge >= 0.3 is 0 Å². The molecule has 2 aromatic carbocycles. The number of fused-ring (bicyclic) bond motifs is 2. The number of benzene rings is 2. The standard InChI is InChI=1S/C27H31N5O3/c1-29-12-14-30(15-13-29)21-8-6-19(7-9-21)18-31-26(34)24(20-10-16-35-17-11-20)32-25(33)22-4-2-3-5-23(22)28-27(31)32/h2-9,20,24H,10-18H2,1H3. The number of carbonyl (C=O) groups is 1. The molecule has 0 N–H and O–H groups in total. The van der Waals surface area contributed by atoms with Crippen LogP contribution in [0.2, 0.25) is 0 Å². The van der Waals surface area contributed by atoms with E-state index in [4.69, 9.17) is 9.72 Å². The number of rotatable bonds is 4. The molecule has 0 saturated carbocycles. The highest BCUT2D eigenvalue weighted by Crippen LogP contribution is 2.38. The minimum Gasteiger partial charge on any atom is -0.381 e. The third kappa shape index (κ3) is 4.00. The van der Waals surface area contributed by atoms with E-state index in [1.54, 1.807) is 15.5 Å². The van der Waals surface area contributed by atoms with Gasteiger partial charge in [-0.05, 0) is 55.6 Å². The van der Waals surface area contributed by atoms with Gasteiger partial charge in [0.2, 0.25) is 5.95 Å². The lowest BCUT2D eigenvalue weighted by Crippen LogP contribution is -2.44. The fourth-order valence-corrected chi connectivity index (χ4v) is 5.60. The van der Waals surface area contributed by atoms with Gasteiger partial charge in [-0.3, -0.25) is 19.1 Å². The highest BCUT2D eigenvalue weighted by molar-refractivity contribution is 5.99. The summed E-state index contributed by atoms with van der Waals surface area (Å²) in [6, 6.07) is 15.3. The van der Waals surface area contributed by atoms with Gasteiger partial charge in [-0.25, -0.2) is 4.98 Å². The second kappa shape index (κ2) is 9.09. The maximum atomic E-state index is 13.8. The number of nitrogens with zero attached hydrogens (tertiary/aromatic N) is 5. The van der Waals surface area contributed by atoms with Crippen LogP contribution in [0.4, 0.5) is 11.6 Å². The summed E-state index contributed by atoms with van der Waals surface area (Å²) < 4.78 is 7.19. The van der Waals surface area contributed by atoms with Crippen LogP contribution < -0.4 is 15.4 Å². The molecular weight excluding hydrogens is 442 g/mol. The van der Waals surface area contributed by atoms with Crippen molar-refractivity contribution in [1.29, 1.82) is 0 Å². The Bertz CT molecular complexity index is 1290. The summed E-state index contributed by atoms with van der Waals surface area (Å²) in [7, 11) is 2.15. The zero-order valence-electron chi connectivity index (χ0n) is 20.1. The predicted octanol–water partition coefficient (Wildman–Crippen LogP) is 2.66. The molecule has 3 aromatic rings. The Hall–Kier alpha value is -3.23. The van der Waals surface area contributed by atoms with Crippen LogP contribution >= 0.6 is 0 Å². The molecule has 0 spiro atoms. The summed E-state index contributed by atoms with van der Waals surface area (Å²) in [5, 5.41) is 0.555. The number of carbonyl (C=O) groups excluding carboxylic acids is 1. The molecule has 8 nitrogen and oxygen atoms in total. The minimum atomic E-state index is -0.525. The number of piperazine rings is 1. The molecule has 6 rings (SSSR count). The summed E-state index contributed by atoms with van der Waals surface area (Å²) >= 11 is 0. The summed E-state index contributed by atoms with van der Waals surface area (Å²) in [6.45, 7) is 5.78. The van der Waals surface area contributed by atoms with Crippen molar-refractivity contribution in [2.45, 2.75) is 25.4 Å². The predicted molar refractivity (Wildman–Crippen MR) is 136 cm³/mol. The molecule has 1 amide bonds. The monoisotopic (exact) mass is 473 g/mol. The van der Waals surface area contributed by atoms with Gasteiger partial charge in [0.15, 0.2) is 0 Å². The molecule has 0 aliphatic carbocycles. The first kappa shape index (κ1) is 22.2.